The summed E-state index contributed by atoms with van der Waals surface area (Å²) in [5.41, 5.74) is 1.01. The Morgan fingerprint density at radius 2 is 2.36 bits per heavy atom. The van der Waals surface area contributed by atoms with Crippen LogP contribution in [-0.2, 0) is 0 Å². The van der Waals surface area contributed by atoms with Gasteiger partial charge < -0.3 is 10.1 Å². The van der Waals surface area contributed by atoms with Crippen molar-refractivity contribution in [2.24, 2.45) is 0 Å². The molecular weight excluding hydrogens is 162 g/mol. The summed E-state index contributed by atoms with van der Waals surface area (Å²) in [7, 11) is 0. The molecule has 0 unspecified atom stereocenters. The third-order valence-electron chi connectivity index (χ3n) is 1.29. The van der Waals surface area contributed by atoms with Crippen molar-refractivity contribution in [2.45, 2.75) is 6.92 Å². The largest absolute Gasteiger partial charge is 0.478 e. The van der Waals surface area contributed by atoms with Crippen molar-refractivity contribution in [3.05, 3.63) is 28.0 Å². The highest BCUT2D eigenvalue weighted by atomic mass is 32.1. The van der Waals surface area contributed by atoms with Gasteiger partial charge in [0.2, 0.25) is 0 Å². The predicted octanol–water partition coefficient (Wildman–Crippen LogP) is 1.75. The Balaban J connectivity index is 3.32. The van der Waals surface area contributed by atoms with Gasteiger partial charge in [0.05, 0.1) is 10.1 Å². The van der Waals surface area contributed by atoms with Gasteiger partial charge in [0.15, 0.2) is 0 Å². The summed E-state index contributed by atoms with van der Waals surface area (Å²) in [5, 5.41) is 8.57. The molecule has 2 N–H and O–H groups in total. The molecule has 0 aliphatic rings. The van der Waals surface area contributed by atoms with Gasteiger partial charge in [0, 0.05) is 11.9 Å². The van der Waals surface area contributed by atoms with Crippen LogP contribution in [0.1, 0.15) is 16.1 Å². The van der Waals surface area contributed by atoms with Gasteiger partial charge in [-0.25, -0.2) is 4.79 Å². The van der Waals surface area contributed by atoms with Crippen LogP contribution in [0.3, 0.4) is 0 Å². The summed E-state index contributed by atoms with van der Waals surface area (Å²) < 4.78 is 0.369. The van der Waals surface area contributed by atoms with E-state index in [2.05, 4.69) is 4.98 Å². The normalized spacial score (nSPS) is 9.55. The number of carbonyl (C=O) groups is 1. The SMILES string of the molecule is Cc1cc(=S)c(C(=O)O)c[nH]1. The zero-order chi connectivity index (χ0) is 8.43. The van der Waals surface area contributed by atoms with Crippen LogP contribution in [0.4, 0.5) is 0 Å². The molecule has 3 nitrogen and oxygen atoms in total. The van der Waals surface area contributed by atoms with Crippen molar-refractivity contribution in [2.75, 3.05) is 0 Å². The average molecular weight is 169 g/mol. The summed E-state index contributed by atoms with van der Waals surface area (Å²) in [5.74, 6) is -0.994. The molecule has 0 aromatic carbocycles. The van der Waals surface area contributed by atoms with Crippen LogP contribution in [0, 0.1) is 11.4 Å². The van der Waals surface area contributed by atoms with Crippen molar-refractivity contribution in [3.63, 3.8) is 0 Å². The lowest BCUT2D eigenvalue weighted by atomic mass is 10.2. The number of hydrogen-bond acceptors (Lipinski definition) is 2. The first-order chi connectivity index (χ1) is 5.11. The van der Waals surface area contributed by atoms with E-state index >= 15 is 0 Å². The van der Waals surface area contributed by atoms with Crippen LogP contribution in [0.25, 0.3) is 0 Å². The molecule has 0 radical (unpaired) electrons. The summed E-state index contributed by atoms with van der Waals surface area (Å²) in [4.78, 5) is 13.2. The Morgan fingerprint density at radius 1 is 1.73 bits per heavy atom. The zero-order valence-electron chi connectivity index (χ0n) is 5.92. The summed E-state index contributed by atoms with van der Waals surface area (Å²) in [6.07, 6.45) is 1.40. The Hall–Kier alpha value is -1.16. The topological polar surface area (TPSA) is 53.1 Å². The van der Waals surface area contributed by atoms with E-state index in [0.29, 0.717) is 4.51 Å². The fraction of sp³-hybridized carbons (Fsp3) is 0.143. The number of pyridine rings is 1. The molecule has 1 heterocycles. The Morgan fingerprint density at radius 3 is 2.82 bits per heavy atom. The maximum Gasteiger partial charge on any atom is 0.338 e. The zero-order valence-corrected chi connectivity index (χ0v) is 6.73. The molecular formula is C7H7NO2S. The number of H-pyrrole nitrogens is 1. The lowest BCUT2D eigenvalue weighted by Gasteiger charge is -1.95. The molecule has 0 spiro atoms. The number of aromatic nitrogens is 1. The quantitative estimate of drug-likeness (QED) is 0.630. The van der Waals surface area contributed by atoms with Crippen molar-refractivity contribution >= 4 is 18.2 Å². The number of carboxylic acid groups (broad SMARTS) is 1. The molecule has 0 bridgehead atoms. The van der Waals surface area contributed by atoms with E-state index in [1.54, 1.807) is 6.07 Å². The predicted molar refractivity (Wildman–Crippen MR) is 43.3 cm³/mol. The molecule has 0 aliphatic carbocycles. The van der Waals surface area contributed by atoms with Gasteiger partial charge in [-0.05, 0) is 13.0 Å². The average Bonchev–Trinajstić information content (AvgIpc) is 1.85. The van der Waals surface area contributed by atoms with E-state index in [4.69, 9.17) is 17.3 Å². The molecule has 0 atom stereocenters. The molecule has 4 heteroatoms. The van der Waals surface area contributed by atoms with Gasteiger partial charge in [-0.1, -0.05) is 12.2 Å². The van der Waals surface area contributed by atoms with Gasteiger partial charge in [-0.3, -0.25) is 0 Å². The first-order valence-corrected chi connectivity index (χ1v) is 3.44. The van der Waals surface area contributed by atoms with Gasteiger partial charge in [0.25, 0.3) is 0 Å². The van der Waals surface area contributed by atoms with Crippen molar-refractivity contribution in [1.82, 2.24) is 4.98 Å². The van der Waals surface area contributed by atoms with Crippen LogP contribution < -0.4 is 0 Å². The molecule has 58 valence electrons. The number of aryl methyl sites for hydroxylation is 1. The van der Waals surface area contributed by atoms with Crippen molar-refractivity contribution < 1.29 is 9.90 Å². The molecule has 1 aromatic heterocycles. The third-order valence-corrected chi connectivity index (χ3v) is 1.63. The summed E-state index contributed by atoms with van der Waals surface area (Å²) >= 11 is 4.81. The van der Waals surface area contributed by atoms with Crippen LogP contribution in [0.2, 0.25) is 0 Å². The first kappa shape index (κ1) is 7.94. The standard InChI is InChI=1S/C7H7NO2S/c1-4-2-6(11)5(3-8-4)7(9)10/h2-3H,1H3,(H,8,11)(H,9,10). The Bertz CT molecular complexity index is 343. The highest BCUT2D eigenvalue weighted by Crippen LogP contribution is 2.02. The summed E-state index contributed by atoms with van der Waals surface area (Å²) in [6, 6.07) is 1.62. The number of carboxylic acids is 1. The minimum atomic E-state index is -0.994. The van der Waals surface area contributed by atoms with E-state index in [1.165, 1.54) is 6.20 Å². The van der Waals surface area contributed by atoms with Crippen LogP contribution in [-0.4, -0.2) is 16.1 Å². The highest BCUT2D eigenvalue weighted by Gasteiger charge is 2.03. The molecule has 0 saturated heterocycles. The minimum Gasteiger partial charge on any atom is -0.478 e. The van der Waals surface area contributed by atoms with Gasteiger partial charge in [-0.2, -0.15) is 0 Å². The van der Waals surface area contributed by atoms with Crippen molar-refractivity contribution in [3.8, 4) is 0 Å². The summed E-state index contributed by atoms with van der Waals surface area (Å²) in [6.45, 7) is 1.82. The first-order valence-electron chi connectivity index (χ1n) is 3.04. The monoisotopic (exact) mass is 169 g/mol. The molecule has 0 amide bonds. The Kier molecular flexibility index (Phi) is 2.05. The lowest BCUT2D eigenvalue weighted by Crippen LogP contribution is -1.98. The van der Waals surface area contributed by atoms with Crippen LogP contribution >= 0.6 is 12.2 Å². The van der Waals surface area contributed by atoms with E-state index in [1.807, 2.05) is 6.92 Å². The van der Waals surface area contributed by atoms with E-state index in [9.17, 15) is 4.79 Å². The van der Waals surface area contributed by atoms with Crippen LogP contribution in [0.5, 0.6) is 0 Å². The van der Waals surface area contributed by atoms with Crippen molar-refractivity contribution in [1.29, 1.82) is 0 Å². The van der Waals surface area contributed by atoms with Gasteiger partial charge >= 0.3 is 5.97 Å². The molecule has 1 rings (SSSR count). The third kappa shape index (κ3) is 1.65. The smallest absolute Gasteiger partial charge is 0.338 e. The number of hydrogen-bond donors (Lipinski definition) is 2. The van der Waals surface area contributed by atoms with E-state index in [-0.39, 0.29) is 5.56 Å². The number of nitrogens with one attached hydrogen (secondary N) is 1. The second-order valence-electron chi connectivity index (χ2n) is 2.20. The van der Waals surface area contributed by atoms with Crippen LogP contribution in [0.15, 0.2) is 12.3 Å². The molecule has 11 heavy (non-hydrogen) atoms. The molecule has 0 aliphatic heterocycles. The van der Waals surface area contributed by atoms with Gasteiger partial charge in [0.1, 0.15) is 0 Å². The second kappa shape index (κ2) is 2.84. The molecule has 1 aromatic rings. The second-order valence-corrected chi connectivity index (χ2v) is 2.64. The highest BCUT2D eigenvalue weighted by molar-refractivity contribution is 7.71. The number of rotatable bonds is 1. The molecule has 0 fully saturated rings. The van der Waals surface area contributed by atoms with E-state index < -0.39 is 5.97 Å². The lowest BCUT2D eigenvalue weighted by molar-refractivity contribution is 0.0696. The van der Waals surface area contributed by atoms with Gasteiger partial charge in [-0.15, -0.1) is 0 Å². The minimum absolute atomic E-state index is 0.144. The maximum atomic E-state index is 10.4. The maximum absolute atomic E-state index is 10.4. The van der Waals surface area contributed by atoms with E-state index in [0.717, 1.165) is 5.69 Å². The number of aromatic carboxylic acids is 1. The molecule has 0 saturated carbocycles. The fourth-order valence-corrected chi connectivity index (χ4v) is 1.06. The Labute approximate surface area is 68.7 Å². The fourth-order valence-electron chi connectivity index (χ4n) is 0.740. The number of aromatic amines is 1.